The second kappa shape index (κ2) is 21.3. The van der Waals surface area contributed by atoms with Gasteiger partial charge < -0.3 is 38.9 Å². The van der Waals surface area contributed by atoms with Crippen LogP contribution in [0.2, 0.25) is 0 Å². The zero-order valence-electron chi connectivity index (χ0n) is 37.8. The first-order valence-corrected chi connectivity index (χ1v) is 22.6. The molecule has 2 N–H and O–H groups in total. The number of fused-ring (bicyclic) bond motifs is 2. The van der Waals surface area contributed by atoms with E-state index in [2.05, 4.69) is 32.6 Å². The number of allylic oxidation sites excluding steroid dienone is 1. The Hall–Kier alpha value is -6.02. The molecule has 1 fully saturated rings. The van der Waals surface area contributed by atoms with Crippen LogP contribution in [0.5, 0.6) is 23.0 Å². The van der Waals surface area contributed by atoms with Gasteiger partial charge in [0.25, 0.3) is 5.69 Å². The summed E-state index contributed by atoms with van der Waals surface area (Å²) in [6, 6.07) is 24.9. The van der Waals surface area contributed by atoms with E-state index in [-0.39, 0.29) is 68.6 Å². The average molecular weight is 888 g/mol. The first-order chi connectivity index (χ1) is 31.5. The van der Waals surface area contributed by atoms with E-state index in [1.807, 2.05) is 54.6 Å². The Balaban J connectivity index is 1.39. The van der Waals surface area contributed by atoms with Crippen LogP contribution >= 0.6 is 0 Å². The highest BCUT2D eigenvalue weighted by atomic mass is 16.7. The SMILES string of the molecule is C=CCOC12Oc3ccc(Oc4ccc(C)c(C)c4)cc3C3C(CCCCO)C(CCCCO)C=C(C(=NOCc4ccc([N+](=O)[O-])cc4)CC1N(C)C(=O)Cc1cccc(OC)c1)C32. The number of carbonyl (C=O) groups excluding carboxylic acids is 1. The first kappa shape index (κ1) is 47.0. The van der Waals surface area contributed by atoms with E-state index in [0.717, 1.165) is 47.9 Å². The molecule has 1 aliphatic heterocycles. The Morgan fingerprint density at radius 1 is 0.938 bits per heavy atom. The molecule has 7 rings (SSSR count). The van der Waals surface area contributed by atoms with Gasteiger partial charge in [0.1, 0.15) is 35.6 Å². The summed E-state index contributed by atoms with van der Waals surface area (Å²) in [6.45, 7) is 8.49. The van der Waals surface area contributed by atoms with Crippen LogP contribution in [-0.2, 0) is 27.4 Å². The number of non-ortho nitro benzene ring substituents is 1. The number of nitrogens with zero attached hydrogens (tertiary/aromatic N) is 3. The van der Waals surface area contributed by atoms with Crippen molar-refractivity contribution < 1.29 is 43.7 Å². The van der Waals surface area contributed by atoms with Gasteiger partial charge >= 0.3 is 0 Å². The smallest absolute Gasteiger partial charge is 0.269 e. The summed E-state index contributed by atoms with van der Waals surface area (Å²) < 4.78 is 26.4. The van der Waals surface area contributed by atoms with Crippen LogP contribution < -0.4 is 14.2 Å². The Kier molecular flexibility index (Phi) is 15.4. The van der Waals surface area contributed by atoms with Crippen molar-refractivity contribution >= 4 is 17.3 Å². The van der Waals surface area contributed by atoms with E-state index in [0.29, 0.717) is 47.1 Å². The van der Waals surface area contributed by atoms with Crippen molar-refractivity contribution in [2.24, 2.45) is 22.9 Å². The normalized spacial score (nSPS) is 22.5. The number of rotatable bonds is 21. The third-order valence-electron chi connectivity index (χ3n) is 13.3. The number of unbranched alkanes of at least 4 members (excludes halogenated alkanes) is 2. The maximum Gasteiger partial charge on any atom is 0.269 e. The fourth-order valence-electron chi connectivity index (χ4n) is 9.86. The third kappa shape index (κ3) is 10.4. The molecule has 0 spiro atoms. The lowest BCUT2D eigenvalue weighted by Gasteiger charge is -2.59. The van der Waals surface area contributed by atoms with E-state index >= 15 is 0 Å². The number of aliphatic hydroxyl groups is 2. The van der Waals surface area contributed by atoms with Gasteiger partial charge in [0.15, 0.2) is 0 Å². The maximum atomic E-state index is 14.6. The van der Waals surface area contributed by atoms with Crippen molar-refractivity contribution in [3.63, 3.8) is 0 Å². The number of nitro groups is 1. The molecule has 2 aliphatic carbocycles. The summed E-state index contributed by atoms with van der Waals surface area (Å²) in [4.78, 5) is 33.4. The molecule has 0 bridgehead atoms. The quantitative estimate of drug-likeness (QED) is 0.0357. The van der Waals surface area contributed by atoms with Crippen molar-refractivity contribution in [1.29, 1.82) is 0 Å². The summed E-state index contributed by atoms with van der Waals surface area (Å²) in [5, 5.41) is 36.2. The number of aliphatic hydroxyl groups excluding tert-OH is 2. The molecule has 6 atom stereocenters. The number of amides is 1. The predicted molar refractivity (Wildman–Crippen MR) is 248 cm³/mol. The molecule has 4 aromatic rings. The maximum absolute atomic E-state index is 14.6. The van der Waals surface area contributed by atoms with Crippen molar-refractivity contribution in [3.8, 4) is 23.0 Å². The van der Waals surface area contributed by atoms with Crippen LogP contribution in [0.3, 0.4) is 0 Å². The lowest BCUT2D eigenvalue weighted by Crippen LogP contribution is -2.69. The second-order valence-electron chi connectivity index (χ2n) is 17.4. The number of hydrogen-bond acceptors (Lipinski definition) is 11. The third-order valence-corrected chi connectivity index (χ3v) is 13.3. The average Bonchev–Trinajstić information content (AvgIpc) is 3.31. The number of carbonyl (C=O) groups is 1. The Morgan fingerprint density at radius 3 is 2.38 bits per heavy atom. The summed E-state index contributed by atoms with van der Waals surface area (Å²) in [7, 11) is 3.38. The molecule has 13 nitrogen and oxygen atoms in total. The molecule has 13 heteroatoms. The lowest BCUT2D eigenvalue weighted by molar-refractivity contribution is -0.384. The monoisotopic (exact) mass is 887 g/mol. The van der Waals surface area contributed by atoms with Crippen LogP contribution in [0.4, 0.5) is 5.69 Å². The largest absolute Gasteiger partial charge is 0.497 e. The molecule has 0 saturated heterocycles. The number of likely N-dealkylation sites (N-methyl/N-ethyl adjacent to an activating group) is 1. The molecule has 344 valence electrons. The second-order valence-corrected chi connectivity index (χ2v) is 17.4. The molecule has 6 unspecified atom stereocenters. The zero-order chi connectivity index (χ0) is 46.1. The van der Waals surface area contributed by atoms with E-state index in [1.165, 1.54) is 17.7 Å². The summed E-state index contributed by atoms with van der Waals surface area (Å²) >= 11 is 0. The van der Waals surface area contributed by atoms with E-state index < -0.39 is 22.7 Å². The van der Waals surface area contributed by atoms with E-state index in [4.69, 9.17) is 28.9 Å². The molecule has 0 radical (unpaired) electrons. The van der Waals surface area contributed by atoms with Gasteiger partial charge in [-0.15, -0.1) is 6.58 Å². The van der Waals surface area contributed by atoms with Gasteiger partial charge in [0.05, 0.1) is 36.7 Å². The molecule has 65 heavy (non-hydrogen) atoms. The van der Waals surface area contributed by atoms with Crippen molar-refractivity contribution in [2.45, 2.75) is 89.6 Å². The van der Waals surface area contributed by atoms with Crippen LogP contribution in [0.1, 0.15) is 78.7 Å². The van der Waals surface area contributed by atoms with Gasteiger partial charge in [-0.1, -0.05) is 48.3 Å². The van der Waals surface area contributed by atoms with Crippen LogP contribution in [0.15, 0.2) is 114 Å². The molecule has 0 aromatic heterocycles. The molecule has 1 amide bonds. The van der Waals surface area contributed by atoms with Gasteiger partial charge in [-0.3, -0.25) is 14.9 Å². The topological polar surface area (TPSA) is 162 Å². The molecular formula is C52H61N3O10. The fourth-order valence-corrected chi connectivity index (χ4v) is 9.86. The Labute approximate surface area is 381 Å². The van der Waals surface area contributed by atoms with Gasteiger partial charge in [-0.2, -0.15) is 0 Å². The van der Waals surface area contributed by atoms with Gasteiger partial charge in [-0.25, -0.2) is 0 Å². The Morgan fingerprint density at radius 2 is 1.68 bits per heavy atom. The molecule has 1 heterocycles. The van der Waals surface area contributed by atoms with Crippen molar-refractivity contribution in [1.82, 2.24) is 4.90 Å². The predicted octanol–water partition coefficient (Wildman–Crippen LogP) is 9.55. The van der Waals surface area contributed by atoms with Crippen LogP contribution in [0, 0.1) is 41.7 Å². The number of aryl methyl sites for hydroxylation is 2. The van der Waals surface area contributed by atoms with Gasteiger partial charge in [0.2, 0.25) is 11.7 Å². The van der Waals surface area contributed by atoms with Gasteiger partial charge in [0, 0.05) is 50.3 Å². The number of oxime groups is 1. The fraction of sp³-hybridized carbons (Fsp3) is 0.423. The highest BCUT2D eigenvalue weighted by Crippen LogP contribution is 2.62. The highest BCUT2D eigenvalue weighted by molar-refractivity contribution is 6.03. The number of ether oxygens (including phenoxy) is 4. The summed E-state index contributed by atoms with van der Waals surface area (Å²) in [5.74, 6) is 0.365. The van der Waals surface area contributed by atoms with Gasteiger partial charge in [-0.05, 0) is 134 Å². The van der Waals surface area contributed by atoms with Crippen LogP contribution in [-0.4, -0.2) is 77.5 Å². The Bertz CT molecular complexity index is 2380. The van der Waals surface area contributed by atoms with E-state index in [9.17, 15) is 25.1 Å². The highest BCUT2D eigenvalue weighted by Gasteiger charge is 2.65. The molecular weight excluding hydrogens is 827 g/mol. The standard InChI is InChI=1S/C52H61N3O10/c1-6-26-62-52-48(54(4)49(58)29-37-12-11-14-40(28-37)61-5)32-46(53-63-33-36-17-19-39(20-18-36)55(59)60)44-30-38(13-7-9-24-56)43(15-8-10-25-57)50(51(44)52)45-31-42(22-23-47(45)65-52)64-41-21-16-34(2)35(3)27-41/h6,11-12,14,16-23,27-28,30-31,38,43,48,50-51,56-57H,1,7-10,13,15,24-26,29,32-33H2,2-5H3. The number of hydrogen-bond donors (Lipinski definition) is 2. The first-order valence-electron chi connectivity index (χ1n) is 22.6. The minimum absolute atomic E-state index is 0.0213. The van der Waals surface area contributed by atoms with Crippen molar-refractivity contribution in [2.75, 3.05) is 34.0 Å². The number of methoxy groups -OCH3 is 1. The minimum Gasteiger partial charge on any atom is -0.497 e. The molecule has 3 aliphatic rings. The van der Waals surface area contributed by atoms with Crippen LogP contribution in [0.25, 0.3) is 0 Å². The minimum atomic E-state index is -1.42. The zero-order valence-corrected chi connectivity index (χ0v) is 37.8. The van der Waals surface area contributed by atoms with E-state index in [1.54, 1.807) is 37.3 Å². The number of nitro benzene ring substituents is 1. The molecule has 1 saturated carbocycles. The molecule has 4 aromatic carbocycles. The number of benzene rings is 4. The summed E-state index contributed by atoms with van der Waals surface area (Å²) in [6.07, 6.45) is 8.74. The van der Waals surface area contributed by atoms with Crippen molar-refractivity contribution in [3.05, 3.63) is 147 Å². The lowest BCUT2D eigenvalue weighted by atomic mass is 9.55. The summed E-state index contributed by atoms with van der Waals surface area (Å²) in [5.41, 5.74) is 6.23.